The van der Waals surface area contributed by atoms with E-state index in [9.17, 15) is 51.8 Å². The van der Waals surface area contributed by atoms with Gasteiger partial charge in [0.1, 0.15) is 35.7 Å². The average molecular weight is 2070 g/mol. The molecule has 0 aliphatic carbocycles. The molecule has 0 saturated carbocycles. The Balaban J connectivity index is -0.000000507. The first-order valence-corrected chi connectivity index (χ1v) is 43.8. The minimum absolute atomic E-state index is 0. The summed E-state index contributed by atoms with van der Waals surface area (Å²) in [6, 6.07) is 99.6. The summed E-state index contributed by atoms with van der Waals surface area (Å²) in [7, 11) is 2.01. The van der Waals surface area contributed by atoms with Gasteiger partial charge in [-0.3, -0.25) is 33.1 Å². The zero-order valence-corrected chi connectivity index (χ0v) is 87.8. The number of aliphatic imine (C=N–C) groups is 2. The van der Waals surface area contributed by atoms with Crippen molar-refractivity contribution in [1.29, 1.82) is 0 Å². The van der Waals surface area contributed by atoms with E-state index in [2.05, 4.69) is 30.9 Å². The number of carboxylic acid groups (broad SMARTS) is 1. The number of amides is 3. The van der Waals surface area contributed by atoms with Gasteiger partial charge in [-0.15, -0.1) is 17.3 Å². The van der Waals surface area contributed by atoms with E-state index in [-0.39, 0.29) is 180 Å². The number of Topliss-reactive ketones (excluding diaryl/α,β-unsaturated/α-hetero) is 1. The third kappa shape index (κ3) is 55.0. The summed E-state index contributed by atoms with van der Waals surface area (Å²) >= 11 is 0.250. The Hall–Kier alpha value is -12.6. The number of aliphatic hydroxyl groups is 2. The number of allylic oxidation sites excluding steroid dienone is 2. The van der Waals surface area contributed by atoms with E-state index in [1.807, 2.05) is 289 Å². The summed E-state index contributed by atoms with van der Waals surface area (Å²) < 4.78 is 66.4. The molecule has 0 fully saturated rings. The van der Waals surface area contributed by atoms with Crippen LogP contribution in [0.25, 0.3) is 11.1 Å². The van der Waals surface area contributed by atoms with Crippen molar-refractivity contribution < 1.29 is 205 Å². The number of nitrogens with zero attached hydrogens (tertiary/aromatic N) is 3. The number of ketones is 1. The molecule has 2 aliphatic rings. The largest absolute Gasteiger partial charge is 1.00 e. The average Bonchev–Trinajstić information content (AvgIpc) is 1.64. The van der Waals surface area contributed by atoms with Crippen molar-refractivity contribution in [2.24, 2.45) is 21.1 Å². The van der Waals surface area contributed by atoms with Gasteiger partial charge in [-0.05, 0) is 120 Å². The number of carbonyl (C=O) groups is 10. The molecular formula is C104H121ClFKN7NaO26S2. The molecule has 0 aromatic heterocycles. The van der Waals surface area contributed by atoms with E-state index >= 15 is 0 Å². The maximum atomic E-state index is 12.3. The Morgan fingerprint density at radius 1 is 0.476 bits per heavy atom. The molecule has 143 heavy (non-hydrogen) atoms. The number of rotatable bonds is 22. The number of aliphatic carboxylic acids is 1. The molecular weight excluding hydrogens is 1940 g/mol. The molecule has 2 heterocycles. The molecule has 756 valence electrons. The quantitative estimate of drug-likeness (QED) is 0.00351. The molecule has 6 atom stereocenters. The number of aliphatic hydroxyl groups excluding tert-OH is 2. The van der Waals surface area contributed by atoms with Crippen molar-refractivity contribution in [3.05, 3.63) is 411 Å². The predicted molar refractivity (Wildman–Crippen MR) is 542 cm³/mol. The first kappa shape index (κ1) is 139. The first-order chi connectivity index (χ1) is 66.3. The van der Waals surface area contributed by atoms with Crippen LogP contribution in [0.2, 0.25) is 0 Å². The maximum absolute atomic E-state index is 12.3. The van der Waals surface area contributed by atoms with Crippen LogP contribution < -0.4 is 113 Å². The summed E-state index contributed by atoms with van der Waals surface area (Å²) in [5, 5.41) is 48.9. The van der Waals surface area contributed by atoms with Crippen molar-refractivity contribution >= 4 is 117 Å². The number of benzene rings is 11. The monoisotopic (exact) mass is 2060 g/mol. The number of halogens is 2. The summed E-state index contributed by atoms with van der Waals surface area (Å²) in [5.41, 5.74) is 16.1. The smallest absolute Gasteiger partial charge is 0.857 e. The molecule has 2 aliphatic heterocycles. The Morgan fingerprint density at radius 2 is 0.748 bits per heavy atom. The van der Waals surface area contributed by atoms with Gasteiger partial charge in [-0.2, -0.15) is 19.4 Å². The van der Waals surface area contributed by atoms with E-state index in [0.717, 1.165) is 71.4 Å². The van der Waals surface area contributed by atoms with Crippen molar-refractivity contribution in [2.45, 2.75) is 92.3 Å². The standard InChI is InChI=1S/2C18H19NO3.C18H17NO3.C17H13NO2.C10H13NO2.C9H7NO2.C8H8O.CH3FS.2CH4O.CH3O.2CH4.ClH.K.HNO3.Na.H2O4S/c3*1-13(14-9-5-3-6-10-14)16(18(21)22-2)19-17(20)15-11-7-4-8-12-15;1-12(13-8-4-2-5-9-13)15-17(19)20-16(18-15)14-10-6-3-7-11-14;1-7(9(11)10(12)13)8-5-3-2-4-6-8;11-8-6-10-9(12-8)7-4-2-1-3-5-7;1-7(9)8-5-3-2-4-6-8;1-3-2;3*1-2;;;;;2-1-4-3;;1-5(2,3)4/h2*3-13,16H,1-2H3,(H,19,20);3-12H,1-2H3,(H,19,20);2-11H,1H3;2-7,9H,11H2,1H3,(H,12,13);1-5H,6H2;2-6H,1H3;1H3;2*2H,1H3;1H3;2*1H4;1H;;3H;;(H2,1,2,3,4)/q;;;;;;;;;;-1;;;;+1;;+1;/p-1/b;;16-13-;15-12-;;;;;;;;;;;;;;/t2*13-,16+;;;7-,9+;;;;;;;;;;;;;/m10..0............./s1. The van der Waals surface area contributed by atoms with Crippen LogP contribution in [0.3, 0.4) is 0 Å². The topological polar surface area (TPSA) is 524 Å². The van der Waals surface area contributed by atoms with E-state index in [0.29, 0.717) is 39.8 Å². The van der Waals surface area contributed by atoms with Crippen molar-refractivity contribution in [1.82, 2.24) is 16.0 Å². The molecule has 0 radical (unpaired) electrons. The van der Waals surface area contributed by atoms with Crippen LogP contribution in [0, 0.1) is 4.91 Å². The number of nitrogens with one attached hydrogen (secondary N) is 3. The fourth-order valence-corrected chi connectivity index (χ4v) is 11.5. The van der Waals surface area contributed by atoms with Gasteiger partial charge in [0.15, 0.2) is 11.5 Å². The summed E-state index contributed by atoms with van der Waals surface area (Å²) in [6.07, 6.45) is 1.38. The van der Waals surface area contributed by atoms with Crippen LogP contribution >= 0.6 is 24.6 Å². The van der Waals surface area contributed by atoms with Gasteiger partial charge < -0.3 is 76.0 Å². The van der Waals surface area contributed by atoms with E-state index in [1.165, 1.54) is 32.9 Å². The molecule has 0 unspecified atom stereocenters. The van der Waals surface area contributed by atoms with Crippen LogP contribution in [0.1, 0.15) is 155 Å². The second-order valence-electron chi connectivity index (χ2n) is 27.5. The van der Waals surface area contributed by atoms with Crippen LogP contribution in [-0.2, 0) is 67.8 Å². The number of carbonyl (C=O) groups excluding carboxylic acids is 9. The molecule has 0 spiro atoms. The minimum atomic E-state index is -4.67. The Kier molecular flexibility index (Phi) is 79.5. The Morgan fingerprint density at radius 3 is 1.02 bits per heavy atom. The van der Waals surface area contributed by atoms with Gasteiger partial charge >= 0.3 is 127 Å². The number of ether oxygens (including phenoxy) is 5. The Bertz CT molecular complexity index is 5590. The van der Waals surface area contributed by atoms with Gasteiger partial charge in [0.25, 0.3) is 17.7 Å². The molecule has 13 rings (SSSR count). The molecule has 11 aromatic rings. The second kappa shape index (κ2) is 81.9. The number of nitrogens with two attached hydrogens (primary N) is 1. The number of esters is 5. The van der Waals surface area contributed by atoms with Crippen molar-refractivity contribution in [3.63, 3.8) is 0 Å². The molecule has 0 saturated heterocycles. The van der Waals surface area contributed by atoms with Crippen LogP contribution in [-0.4, -0.2) is 178 Å². The van der Waals surface area contributed by atoms with Gasteiger partial charge in [0, 0.05) is 83.8 Å². The van der Waals surface area contributed by atoms with Crippen LogP contribution in [0.4, 0.5) is 3.89 Å². The van der Waals surface area contributed by atoms with Crippen LogP contribution in [0.15, 0.2) is 360 Å². The Labute approximate surface area is 909 Å². The number of carboxylic acids is 1. The van der Waals surface area contributed by atoms with E-state index < -0.39 is 58.4 Å². The number of hydrogen-bond acceptors (Lipinski definition) is 28. The molecule has 0 bridgehead atoms. The summed E-state index contributed by atoms with van der Waals surface area (Å²) in [6.45, 7) is 11.0. The second-order valence-corrected chi connectivity index (χ2v) is 28.7. The predicted octanol–water partition coefficient (Wildman–Crippen LogP) is 9.48. The third-order valence-electron chi connectivity index (χ3n) is 18.6. The SMILES string of the molecule is C.C.C/C(=C1/N=C(c2ccccc2)OC1=O)c1ccccc1.CC(=O)c1ccccc1.CO.CO.COC(=O)/C(NC(=O)c1ccccc1)=C(\C)c1ccccc1.COC(=O)[C@@H](NC(=O)c1ccccc1)[C@H](C)c1ccccc1.COC(=O)[C@H](NC(=O)c1ccccc1)[C@@H](C)c1ccccc1.CSF.C[C@@H](c1ccccc1)[C@@H](N)C(=O)O.C[O-].Cl.O=C1CN=C(c2ccccc2)O1.O=NO[O-].O=S(=O)(O)O.[K+].[Na+]. The number of hydrogen-bond donors (Lipinski definition) is 9. The fourth-order valence-electron chi connectivity index (χ4n) is 11.5. The molecule has 3 amide bonds. The van der Waals surface area contributed by atoms with E-state index in [4.69, 9.17) is 77.5 Å². The number of cyclic esters (lactones) is 2. The van der Waals surface area contributed by atoms with Crippen molar-refractivity contribution in [3.8, 4) is 0 Å². The molecule has 10 N–H and O–H groups in total. The minimum Gasteiger partial charge on any atom is -0.857 e. The zero-order chi connectivity index (χ0) is 103. The molecule has 11 aromatic carbocycles. The zero-order valence-electron chi connectivity index (χ0n) is 80.3. The van der Waals surface area contributed by atoms with Crippen molar-refractivity contribution in [2.75, 3.05) is 55.5 Å². The summed E-state index contributed by atoms with van der Waals surface area (Å²) in [4.78, 5) is 136. The normalized spacial score (nSPS) is 12.1. The van der Waals surface area contributed by atoms with Gasteiger partial charge in [-0.25, -0.2) is 34.0 Å². The van der Waals surface area contributed by atoms with E-state index in [1.54, 1.807) is 86.6 Å². The molecule has 33 nitrogen and oxygen atoms in total. The van der Waals surface area contributed by atoms with Gasteiger partial charge in [-0.1, -0.05) is 309 Å². The van der Waals surface area contributed by atoms with Crippen LogP contribution in [0.5, 0.6) is 0 Å². The fraction of sp³-hybridized carbons (Fsp3) is 0.212. The first-order valence-electron chi connectivity index (χ1n) is 41.2. The molecule has 39 heteroatoms. The van der Waals surface area contributed by atoms with Gasteiger partial charge in [0.2, 0.25) is 11.8 Å². The maximum Gasteiger partial charge on any atom is 1.00 e. The third-order valence-corrected chi connectivity index (χ3v) is 18.6. The summed E-state index contributed by atoms with van der Waals surface area (Å²) in [5.74, 6) is -3.70. The van der Waals surface area contributed by atoms with Gasteiger partial charge in [0.05, 0.1) is 21.3 Å². The number of methoxy groups -OCH3 is 3.